The fraction of sp³-hybridized carbons (Fsp3) is 0.875. The van der Waals surface area contributed by atoms with Crippen molar-refractivity contribution in [2.24, 2.45) is 0 Å². The van der Waals surface area contributed by atoms with E-state index in [1.54, 1.807) is 5.57 Å². The van der Waals surface area contributed by atoms with Crippen LogP contribution in [0.3, 0.4) is 0 Å². The van der Waals surface area contributed by atoms with Crippen LogP contribution in [-0.2, 0) is 4.74 Å². The van der Waals surface area contributed by atoms with E-state index in [2.05, 4.69) is 25.2 Å². The first-order valence-electron chi connectivity index (χ1n) is 7.77. The largest absolute Gasteiger partial charge is 0.375 e. The van der Waals surface area contributed by atoms with Gasteiger partial charge in [-0.25, -0.2) is 0 Å². The monoisotopic (exact) mass is 251 g/mol. The lowest BCUT2D eigenvalue weighted by Crippen LogP contribution is -2.45. The number of hydrogen-bond acceptors (Lipinski definition) is 2. The summed E-state index contributed by atoms with van der Waals surface area (Å²) >= 11 is 0. The normalized spacial score (nSPS) is 33.2. The van der Waals surface area contributed by atoms with Crippen LogP contribution in [0.1, 0.15) is 65.2 Å². The molecule has 2 unspecified atom stereocenters. The molecule has 0 aromatic heterocycles. The molecule has 0 aromatic rings. The minimum atomic E-state index is 0.111. The van der Waals surface area contributed by atoms with Gasteiger partial charge in [0.15, 0.2) is 0 Å². The van der Waals surface area contributed by atoms with E-state index in [9.17, 15) is 0 Å². The van der Waals surface area contributed by atoms with E-state index in [0.717, 1.165) is 19.6 Å². The van der Waals surface area contributed by atoms with Crippen molar-refractivity contribution in [2.75, 3.05) is 13.2 Å². The van der Waals surface area contributed by atoms with Crippen molar-refractivity contribution in [3.8, 4) is 0 Å². The molecule has 0 amide bonds. The van der Waals surface area contributed by atoms with Crippen molar-refractivity contribution in [1.82, 2.24) is 5.32 Å². The van der Waals surface area contributed by atoms with E-state index in [-0.39, 0.29) is 5.60 Å². The Kier molecular flexibility index (Phi) is 5.25. The van der Waals surface area contributed by atoms with Gasteiger partial charge in [-0.3, -0.25) is 0 Å². The summed E-state index contributed by atoms with van der Waals surface area (Å²) in [4.78, 5) is 0. The first-order valence-corrected chi connectivity index (χ1v) is 7.77. The fourth-order valence-electron chi connectivity index (χ4n) is 3.12. The van der Waals surface area contributed by atoms with Crippen LogP contribution in [0.2, 0.25) is 0 Å². The summed E-state index contributed by atoms with van der Waals surface area (Å²) in [6.07, 6.45) is 12.6. The summed E-state index contributed by atoms with van der Waals surface area (Å²) in [7, 11) is 0. The molecule has 18 heavy (non-hydrogen) atoms. The second kappa shape index (κ2) is 6.72. The highest BCUT2D eigenvalue weighted by atomic mass is 16.5. The van der Waals surface area contributed by atoms with Gasteiger partial charge in [0.2, 0.25) is 0 Å². The number of hydrogen-bond donors (Lipinski definition) is 1. The Morgan fingerprint density at radius 3 is 3.06 bits per heavy atom. The lowest BCUT2D eigenvalue weighted by molar-refractivity contribution is -0.0778. The van der Waals surface area contributed by atoms with Crippen molar-refractivity contribution in [3.63, 3.8) is 0 Å². The van der Waals surface area contributed by atoms with Crippen LogP contribution in [0.4, 0.5) is 0 Å². The maximum atomic E-state index is 5.89. The van der Waals surface area contributed by atoms with Gasteiger partial charge in [-0.1, -0.05) is 18.6 Å². The molecule has 1 saturated heterocycles. The molecule has 0 spiro atoms. The summed E-state index contributed by atoms with van der Waals surface area (Å²) in [5.41, 5.74) is 1.79. The molecule has 104 valence electrons. The Bertz CT molecular complexity index is 287. The first kappa shape index (κ1) is 14.1. The third-order valence-corrected chi connectivity index (χ3v) is 4.61. The minimum absolute atomic E-state index is 0.111. The summed E-state index contributed by atoms with van der Waals surface area (Å²) < 4.78 is 5.89. The number of rotatable bonds is 5. The van der Waals surface area contributed by atoms with E-state index in [1.165, 1.54) is 44.9 Å². The van der Waals surface area contributed by atoms with Gasteiger partial charge in [0, 0.05) is 12.6 Å². The van der Waals surface area contributed by atoms with Crippen molar-refractivity contribution in [2.45, 2.75) is 76.9 Å². The quantitative estimate of drug-likeness (QED) is 0.750. The molecule has 1 heterocycles. The van der Waals surface area contributed by atoms with Crippen LogP contribution < -0.4 is 5.32 Å². The zero-order chi connectivity index (χ0) is 12.8. The maximum absolute atomic E-state index is 5.89. The average molecular weight is 251 g/mol. The Labute approximate surface area is 112 Å². The number of ether oxygens (including phenoxy) is 1. The SMILES string of the molecule is CCC1(C)CC(NCCC2=CCCCC2)CCO1. The van der Waals surface area contributed by atoms with E-state index in [4.69, 9.17) is 4.74 Å². The molecule has 0 radical (unpaired) electrons. The molecule has 1 fully saturated rings. The third kappa shape index (κ3) is 4.10. The van der Waals surface area contributed by atoms with Crippen LogP contribution in [0.25, 0.3) is 0 Å². The highest BCUT2D eigenvalue weighted by Crippen LogP contribution is 2.28. The second-order valence-electron chi connectivity index (χ2n) is 6.15. The molecule has 2 nitrogen and oxygen atoms in total. The topological polar surface area (TPSA) is 21.3 Å². The molecule has 2 atom stereocenters. The molecule has 1 aliphatic heterocycles. The molecule has 0 aromatic carbocycles. The van der Waals surface area contributed by atoms with Gasteiger partial charge in [-0.05, 0) is 64.8 Å². The van der Waals surface area contributed by atoms with Gasteiger partial charge in [0.05, 0.1) is 5.60 Å². The van der Waals surface area contributed by atoms with Gasteiger partial charge in [-0.2, -0.15) is 0 Å². The van der Waals surface area contributed by atoms with Gasteiger partial charge in [-0.15, -0.1) is 0 Å². The lowest BCUT2D eigenvalue weighted by atomic mass is 9.89. The van der Waals surface area contributed by atoms with Gasteiger partial charge < -0.3 is 10.1 Å². The Balaban J connectivity index is 1.68. The fourth-order valence-corrected chi connectivity index (χ4v) is 3.12. The van der Waals surface area contributed by atoms with Crippen molar-refractivity contribution in [1.29, 1.82) is 0 Å². The van der Waals surface area contributed by atoms with Crippen molar-refractivity contribution < 1.29 is 4.74 Å². The van der Waals surface area contributed by atoms with Crippen LogP contribution in [0, 0.1) is 0 Å². The number of allylic oxidation sites excluding steroid dienone is 1. The molecule has 2 rings (SSSR count). The second-order valence-corrected chi connectivity index (χ2v) is 6.15. The summed E-state index contributed by atoms with van der Waals surface area (Å²) in [6.45, 7) is 6.56. The lowest BCUT2D eigenvalue weighted by Gasteiger charge is -2.38. The van der Waals surface area contributed by atoms with E-state index in [1.807, 2.05) is 0 Å². The zero-order valence-corrected chi connectivity index (χ0v) is 12.1. The number of nitrogens with one attached hydrogen (secondary N) is 1. The molecule has 0 bridgehead atoms. The molecule has 2 aliphatic rings. The smallest absolute Gasteiger partial charge is 0.0666 e. The molecule has 1 aliphatic carbocycles. The predicted molar refractivity (Wildman–Crippen MR) is 76.8 cm³/mol. The van der Waals surface area contributed by atoms with Crippen molar-refractivity contribution >= 4 is 0 Å². The minimum Gasteiger partial charge on any atom is -0.375 e. The third-order valence-electron chi connectivity index (χ3n) is 4.61. The van der Waals surface area contributed by atoms with Crippen LogP contribution >= 0.6 is 0 Å². The highest BCUT2D eigenvalue weighted by molar-refractivity contribution is 5.05. The summed E-state index contributed by atoms with van der Waals surface area (Å²) in [5, 5.41) is 3.74. The van der Waals surface area contributed by atoms with Crippen LogP contribution in [0.5, 0.6) is 0 Å². The molecular formula is C16H29NO. The summed E-state index contributed by atoms with van der Waals surface area (Å²) in [6, 6.07) is 0.660. The maximum Gasteiger partial charge on any atom is 0.0666 e. The van der Waals surface area contributed by atoms with E-state index in [0.29, 0.717) is 6.04 Å². The van der Waals surface area contributed by atoms with Gasteiger partial charge in [0.1, 0.15) is 0 Å². The van der Waals surface area contributed by atoms with Gasteiger partial charge in [0.25, 0.3) is 0 Å². The Hall–Kier alpha value is -0.340. The Morgan fingerprint density at radius 1 is 1.44 bits per heavy atom. The predicted octanol–water partition coefficient (Wildman–Crippen LogP) is 3.81. The van der Waals surface area contributed by atoms with E-state index < -0.39 is 0 Å². The zero-order valence-electron chi connectivity index (χ0n) is 12.1. The van der Waals surface area contributed by atoms with Gasteiger partial charge >= 0.3 is 0 Å². The Morgan fingerprint density at radius 2 is 2.33 bits per heavy atom. The van der Waals surface area contributed by atoms with Crippen molar-refractivity contribution in [3.05, 3.63) is 11.6 Å². The standard InChI is InChI=1S/C16H29NO/c1-3-16(2)13-15(10-12-18-16)17-11-9-14-7-5-4-6-8-14/h7,15,17H,3-6,8-13H2,1-2H3. The van der Waals surface area contributed by atoms with E-state index >= 15 is 0 Å². The van der Waals surface area contributed by atoms with Crippen LogP contribution in [0.15, 0.2) is 11.6 Å². The average Bonchev–Trinajstić information content (AvgIpc) is 2.40. The molecule has 1 N–H and O–H groups in total. The molecule has 0 saturated carbocycles. The van der Waals surface area contributed by atoms with Crippen LogP contribution in [-0.4, -0.2) is 24.8 Å². The summed E-state index contributed by atoms with van der Waals surface area (Å²) in [5.74, 6) is 0. The first-order chi connectivity index (χ1) is 8.72. The highest BCUT2D eigenvalue weighted by Gasteiger charge is 2.31. The molecule has 2 heteroatoms. The molecular weight excluding hydrogens is 222 g/mol.